The quantitative estimate of drug-likeness (QED) is 0.653. The molecule has 1 atom stereocenters. The van der Waals surface area contributed by atoms with Crippen LogP contribution < -0.4 is 9.64 Å². The van der Waals surface area contributed by atoms with Gasteiger partial charge in [0.25, 0.3) is 0 Å². The summed E-state index contributed by atoms with van der Waals surface area (Å²) < 4.78 is 5.50. The number of hydrogen-bond acceptors (Lipinski definition) is 4. The van der Waals surface area contributed by atoms with Crippen molar-refractivity contribution in [2.75, 3.05) is 51.3 Å². The standard InChI is InChI=1S/C24H29Cl2N3O2/c1-31-23-7-3-2-6-22(23)28-11-13-29(14-12-28)24(30)19-5-4-10-27(17-19)16-18-8-9-20(25)15-21(18)26/h2-3,6-9,15,19H,4-5,10-14,16-17H2,1H3/t19-/m0/s1. The van der Waals surface area contributed by atoms with Gasteiger partial charge in [-0.25, -0.2) is 0 Å². The van der Waals surface area contributed by atoms with Gasteiger partial charge in [-0.3, -0.25) is 9.69 Å². The van der Waals surface area contributed by atoms with Crippen molar-refractivity contribution in [1.29, 1.82) is 0 Å². The monoisotopic (exact) mass is 461 g/mol. The molecule has 0 unspecified atom stereocenters. The van der Waals surface area contributed by atoms with E-state index in [0.717, 1.165) is 75.7 Å². The number of piperazine rings is 1. The van der Waals surface area contributed by atoms with Crippen molar-refractivity contribution in [3.63, 3.8) is 0 Å². The van der Waals surface area contributed by atoms with E-state index >= 15 is 0 Å². The lowest BCUT2D eigenvalue weighted by Gasteiger charge is -2.40. The number of carbonyl (C=O) groups excluding carboxylic acids is 1. The van der Waals surface area contributed by atoms with Crippen molar-refractivity contribution in [1.82, 2.24) is 9.80 Å². The fourth-order valence-electron chi connectivity index (χ4n) is 4.61. The molecule has 0 aliphatic carbocycles. The summed E-state index contributed by atoms with van der Waals surface area (Å²) in [7, 11) is 1.70. The fraction of sp³-hybridized carbons (Fsp3) is 0.458. The molecule has 2 aliphatic rings. The minimum atomic E-state index is 0.0534. The summed E-state index contributed by atoms with van der Waals surface area (Å²) in [6.45, 7) is 5.66. The number of para-hydroxylation sites is 2. The lowest BCUT2D eigenvalue weighted by molar-refractivity contribution is -0.137. The van der Waals surface area contributed by atoms with Crippen LogP contribution in [0.15, 0.2) is 42.5 Å². The van der Waals surface area contributed by atoms with Crippen LogP contribution in [0.3, 0.4) is 0 Å². The summed E-state index contributed by atoms with van der Waals surface area (Å²) in [5.41, 5.74) is 2.16. The first kappa shape index (κ1) is 22.3. The predicted octanol–water partition coefficient (Wildman–Crippen LogP) is 4.56. The zero-order chi connectivity index (χ0) is 21.8. The van der Waals surface area contributed by atoms with E-state index in [0.29, 0.717) is 10.0 Å². The van der Waals surface area contributed by atoms with Gasteiger partial charge in [-0.15, -0.1) is 0 Å². The van der Waals surface area contributed by atoms with Crippen molar-refractivity contribution in [3.8, 4) is 5.75 Å². The Morgan fingerprint density at radius 3 is 2.58 bits per heavy atom. The van der Waals surface area contributed by atoms with Crippen molar-refractivity contribution in [2.45, 2.75) is 19.4 Å². The van der Waals surface area contributed by atoms with Crippen molar-refractivity contribution in [2.24, 2.45) is 5.92 Å². The lowest BCUT2D eigenvalue weighted by Crippen LogP contribution is -2.52. The number of nitrogens with zero attached hydrogens (tertiary/aromatic N) is 3. The third kappa shape index (κ3) is 5.28. The molecule has 4 rings (SSSR count). The highest BCUT2D eigenvalue weighted by atomic mass is 35.5. The Morgan fingerprint density at radius 2 is 1.84 bits per heavy atom. The van der Waals surface area contributed by atoms with Gasteiger partial charge in [-0.1, -0.05) is 41.4 Å². The van der Waals surface area contributed by atoms with Gasteiger partial charge in [0.2, 0.25) is 5.91 Å². The number of hydrogen-bond donors (Lipinski definition) is 0. The normalized spacial score (nSPS) is 20.0. The molecule has 2 fully saturated rings. The van der Waals surface area contributed by atoms with E-state index in [2.05, 4.69) is 15.9 Å². The zero-order valence-electron chi connectivity index (χ0n) is 17.9. The van der Waals surface area contributed by atoms with Crippen LogP contribution in [0.25, 0.3) is 0 Å². The summed E-state index contributed by atoms with van der Waals surface area (Å²) >= 11 is 12.4. The molecule has 2 heterocycles. The minimum absolute atomic E-state index is 0.0534. The maximum absolute atomic E-state index is 13.2. The molecule has 2 aromatic carbocycles. The van der Waals surface area contributed by atoms with Crippen LogP contribution in [-0.2, 0) is 11.3 Å². The van der Waals surface area contributed by atoms with Gasteiger partial charge in [0, 0.05) is 49.3 Å². The number of piperidine rings is 1. The first-order chi connectivity index (χ1) is 15.0. The Hall–Kier alpha value is -1.95. The number of likely N-dealkylation sites (tertiary alicyclic amines) is 1. The number of benzene rings is 2. The molecular weight excluding hydrogens is 433 g/mol. The van der Waals surface area contributed by atoms with E-state index in [4.69, 9.17) is 27.9 Å². The molecule has 1 amide bonds. The Kier molecular flexibility index (Phi) is 7.26. The van der Waals surface area contributed by atoms with Crippen molar-refractivity contribution < 1.29 is 9.53 Å². The molecular formula is C24H29Cl2N3O2. The summed E-state index contributed by atoms with van der Waals surface area (Å²) in [4.78, 5) is 19.9. The van der Waals surface area contributed by atoms with Gasteiger partial charge in [0.1, 0.15) is 5.75 Å². The van der Waals surface area contributed by atoms with Gasteiger partial charge in [-0.05, 0) is 49.2 Å². The fourth-order valence-corrected chi connectivity index (χ4v) is 5.08. The minimum Gasteiger partial charge on any atom is -0.495 e. The number of rotatable bonds is 5. The third-order valence-electron chi connectivity index (χ3n) is 6.28. The number of methoxy groups -OCH3 is 1. The molecule has 0 aromatic heterocycles. The molecule has 5 nitrogen and oxygen atoms in total. The molecule has 0 N–H and O–H groups in total. The number of ether oxygens (including phenoxy) is 1. The largest absolute Gasteiger partial charge is 0.495 e. The number of anilines is 1. The van der Waals surface area contributed by atoms with E-state index in [1.165, 1.54) is 0 Å². The van der Waals surface area contributed by atoms with E-state index < -0.39 is 0 Å². The second-order valence-corrected chi connectivity index (χ2v) is 9.14. The van der Waals surface area contributed by atoms with E-state index in [1.807, 2.05) is 35.2 Å². The van der Waals surface area contributed by atoms with Gasteiger partial charge in [-0.2, -0.15) is 0 Å². The lowest BCUT2D eigenvalue weighted by atomic mass is 9.95. The Morgan fingerprint density at radius 1 is 1.06 bits per heavy atom. The van der Waals surface area contributed by atoms with Crippen LogP contribution in [-0.4, -0.2) is 62.1 Å². The first-order valence-electron chi connectivity index (χ1n) is 10.9. The van der Waals surface area contributed by atoms with Gasteiger partial charge < -0.3 is 14.5 Å². The summed E-state index contributed by atoms with van der Waals surface area (Å²) in [5, 5.41) is 1.33. The number of halogens is 2. The molecule has 2 saturated heterocycles. The van der Waals surface area contributed by atoms with Crippen LogP contribution in [0.5, 0.6) is 5.75 Å². The van der Waals surface area contributed by atoms with E-state index in [9.17, 15) is 4.79 Å². The molecule has 0 saturated carbocycles. The van der Waals surface area contributed by atoms with Crippen LogP contribution in [0.1, 0.15) is 18.4 Å². The van der Waals surface area contributed by atoms with E-state index in [1.54, 1.807) is 13.2 Å². The highest BCUT2D eigenvalue weighted by molar-refractivity contribution is 6.35. The highest BCUT2D eigenvalue weighted by Crippen LogP contribution is 2.29. The van der Waals surface area contributed by atoms with Gasteiger partial charge >= 0.3 is 0 Å². The summed E-state index contributed by atoms with van der Waals surface area (Å²) in [5.74, 6) is 1.22. The number of carbonyl (C=O) groups is 1. The summed E-state index contributed by atoms with van der Waals surface area (Å²) in [6, 6.07) is 13.7. The molecule has 2 aliphatic heterocycles. The molecule has 0 radical (unpaired) electrons. The highest BCUT2D eigenvalue weighted by Gasteiger charge is 2.31. The van der Waals surface area contributed by atoms with E-state index in [-0.39, 0.29) is 11.8 Å². The maximum Gasteiger partial charge on any atom is 0.227 e. The van der Waals surface area contributed by atoms with Crippen LogP contribution >= 0.6 is 23.2 Å². The molecule has 0 spiro atoms. The maximum atomic E-state index is 13.2. The first-order valence-corrected chi connectivity index (χ1v) is 11.6. The molecule has 166 valence electrons. The van der Waals surface area contributed by atoms with Gasteiger partial charge in [0.05, 0.1) is 18.7 Å². The van der Waals surface area contributed by atoms with Crippen molar-refractivity contribution in [3.05, 3.63) is 58.1 Å². The molecule has 0 bridgehead atoms. The Bertz CT molecular complexity index is 915. The van der Waals surface area contributed by atoms with Crippen molar-refractivity contribution >= 4 is 34.8 Å². The van der Waals surface area contributed by atoms with Crippen LogP contribution in [0.2, 0.25) is 10.0 Å². The Labute approximate surface area is 194 Å². The van der Waals surface area contributed by atoms with Crippen LogP contribution in [0, 0.1) is 5.92 Å². The molecule has 31 heavy (non-hydrogen) atoms. The number of amides is 1. The van der Waals surface area contributed by atoms with Gasteiger partial charge in [0.15, 0.2) is 0 Å². The molecule has 7 heteroatoms. The SMILES string of the molecule is COc1ccccc1N1CCN(C(=O)[C@H]2CCCN(Cc3ccc(Cl)cc3Cl)C2)CC1. The average Bonchev–Trinajstić information content (AvgIpc) is 2.81. The predicted molar refractivity (Wildman–Crippen MR) is 126 cm³/mol. The summed E-state index contributed by atoms with van der Waals surface area (Å²) in [6.07, 6.45) is 1.99. The average molecular weight is 462 g/mol. The molecule has 2 aromatic rings. The third-order valence-corrected chi connectivity index (χ3v) is 6.87. The smallest absolute Gasteiger partial charge is 0.227 e. The Balaban J connectivity index is 1.33. The van der Waals surface area contributed by atoms with Crippen LogP contribution in [0.4, 0.5) is 5.69 Å². The topological polar surface area (TPSA) is 36.0 Å². The second-order valence-electron chi connectivity index (χ2n) is 8.29. The zero-order valence-corrected chi connectivity index (χ0v) is 19.4. The second kappa shape index (κ2) is 10.1.